The highest BCUT2D eigenvalue weighted by Gasteiger charge is 2.38. The van der Waals surface area contributed by atoms with Gasteiger partial charge in [-0.25, -0.2) is 4.79 Å². The van der Waals surface area contributed by atoms with E-state index < -0.39 is 12.1 Å². The first kappa shape index (κ1) is 26.0. The zero-order valence-corrected chi connectivity index (χ0v) is 20.5. The molecule has 4 aromatic rings. The normalized spacial score (nSPS) is 17.7. The summed E-state index contributed by atoms with van der Waals surface area (Å²) in [5, 5.41) is 28.9. The number of nitrogens with one attached hydrogen (secondary N) is 1. The molecule has 5 rings (SSSR count). The van der Waals surface area contributed by atoms with Crippen LogP contribution in [-0.4, -0.2) is 42.5 Å². The molecular weight excluding hydrogens is 485 g/mol. The van der Waals surface area contributed by atoms with Gasteiger partial charge in [-0.3, -0.25) is 4.40 Å². The molecule has 2 N–H and O–H groups in total. The average Bonchev–Trinajstić information content (AvgIpc) is 3.40. The lowest BCUT2D eigenvalue weighted by molar-refractivity contribution is -0.192. The van der Waals surface area contributed by atoms with Gasteiger partial charge < -0.3 is 15.0 Å². The minimum Gasteiger partial charge on any atom is -0.475 e. The number of pyridine rings is 1. The average molecular weight is 513 g/mol. The number of carbonyl (C=O) groups is 1. The number of aryl methyl sites for hydroxylation is 2. The monoisotopic (exact) mass is 512 g/mol. The number of anilines is 1. The third-order valence-corrected chi connectivity index (χ3v) is 6.61. The van der Waals surface area contributed by atoms with Crippen molar-refractivity contribution in [2.24, 2.45) is 5.92 Å². The SMILES string of the molecule is Cc1cc2c(cc(NC3CCC(C#N)CC3)c3nnc(C)n32)n1Cc1ccccc1.O=C(O)C(F)(F)F. The van der Waals surface area contributed by atoms with Gasteiger partial charge in [0, 0.05) is 24.2 Å². The first-order valence-electron chi connectivity index (χ1n) is 11.9. The van der Waals surface area contributed by atoms with E-state index in [4.69, 9.17) is 9.90 Å². The van der Waals surface area contributed by atoms with Gasteiger partial charge in [0.15, 0.2) is 5.65 Å². The highest BCUT2D eigenvalue weighted by atomic mass is 19.4. The molecule has 1 aliphatic carbocycles. The summed E-state index contributed by atoms with van der Waals surface area (Å²) in [4.78, 5) is 8.90. The van der Waals surface area contributed by atoms with Crippen LogP contribution in [0, 0.1) is 31.1 Å². The lowest BCUT2D eigenvalue weighted by atomic mass is 9.87. The van der Waals surface area contributed by atoms with Crippen LogP contribution in [0.15, 0.2) is 42.5 Å². The van der Waals surface area contributed by atoms with Crippen molar-refractivity contribution >= 4 is 28.3 Å². The van der Waals surface area contributed by atoms with Crippen LogP contribution in [-0.2, 0) is 11.3 Å². The number of rotatable bonds is 4. The molecule has 11 heteroatoms. The Morgan fingerprint density at radius 2 is 1.76 bits per heavy atom. The summed E-state index contributed by atoms with van der Waals surface area (Å²) in [6, 6.07) is 17.8. The van der Waals surface area contributed by atoms with Gasteiger partial charge in [-0.1, -0.05) is 30.3 Å². The van der Waals surface area contributed by atoms with Crippen LogP contribution in [0.2, 0.25) is 0 Å². The molecule has 0 unspecified atom stereocenters. The number of aliphatic carboxylic acids is 1. The zero-order valence-electron chi connectivity index (χ0n) is 20.5. The third-order valence-electron chi connectivity index (χ3n) is 6.61. The van der Waals surface area contributed by atoms with Crippen LogP contribution >= 0.6 is 0 Å². The molecule has 0 aliphatic heterocycles. The molecule has 3 aromatic heterocycles. The van der Waals surface area contributed by atoms with E-state index >= 15 is 0 Å². The number of carboxylic acids is 1. The van der Waals surface area contributed by atoms with Crippen molar-refractivity contribution in [2.45, 2.75) is 58.3 Å². The second-order valence-electron chi connectivity index (χ2n) is 9.22. The number of nitrogens with zero attached hydrogens (tertiary/aromatic N) is 5. The van der Waals surface area contributed by atoms with Gasteiger partial charge in [-0.15, -0.1) is 10.2 Å². The van der Waals surface area contributed by atoms with Crippen LogP contribution in [0.25, 0.3) is 16.7 Å². The molecular formula is C26H27F3N6O2. The topological polar surface area (TPSA) is 108 Å². The zero-order chi connectivity index (χ0) is 26.7. The molecule has 1 saturated carbocycles. The number of fused-ring (bicyclic) bond motifs is 3. The maximum Gasteiger partial charge on any atom is 0.490 e. The minimum absolute atomic E-state index is 0.201. The number of benzene rings is 1. The van der Waals surface area contributed by atoms with Gasteiger partial charge in [0.1, 0.15) is 5.82 Å². The molecule has 0 radical (unpaired) electrons. The number of halogens is 3. The van der Waals surface area contributed by atoms with E-state index in [-0.39, 0.29) is 5.92 Å². The van der Waals surface area contributed by atoms with E-state index in [1.54, 1.807) is 0 Å². The number of carboxylic acid groups (broad SMARTS) is 1. The predicted molar refractivity (Wildman–Crippen MR) is 132 cm³/mol. The Morgan fingerprint density at radius 1 is 1.11 bits per heavy atom. The van der Waals surface area contributed by atoms with Crippen molar-refractivity contribution < 1.29 is 23.1 Å². The summed E-state index contributed by atoms with van der Waals surface area (Å²) < 4.78 is 36.3. The molecule has 1 aromatic carbocycles. The first-order valence-corrected chi connectivity index (χ1v) is 11.9. The van der Waals surface area contributed by atoms with Gasteiger partial charge >= 0.3 is 12.1 Å². The summed E-state index contributed by atoms with van der Waals surface area (Å²) in [6.45, 7) is 4.99. The van der Waals surface area contributed by atoms with Crippen LogP contribution < -0.4 is 5.32 Å². The maximum atomic E-state index is 10.6. The van der Waals surface area contributed by atoms with Gasteiger partial charge in [0.2, 0.25) is 0 Å². The smallest absolute Gasteiger partial charge is 0.475 e. The van der Waals surface area contributed by atoms with E-state index in [0.717, 1.165) is 54.9 Å². The summed E-state index contributed by atoms with van der Waals surface area (Å²) in [5.74, 6) is -1.66. The maximum absolute atomic E-state index is 10.6. The lowest BCUT2D eigenvalue weighted by Gasteiger charge is -2.26. The summed E-state index contributed by atoms with van der Waals surface area (Å²) in [5.41, 5.74) is 6.72. The molecule has 0 amide bonds. The van der Waals surface area contributed by atoms with E-state index in [0.29, 0.717) is 6.04 Å². The Balaban J connectivity index is 0.000000405. The van der Waals surface area contributed by atoms with Gasteiger partial charge in [-0.2, -0.15) is 18.4 Å². The largest absolute Gasteiger partial charge is 0.490 e. The summed E-state index contributed by atoms with van der Waals surface area (Å²) in [6.07, 6.45) is -1.14. The minimum atomic E-state index is -5.08. The van der Waals surface area contributed by atoms with Crippen molar-refractivity contribution in [3.8, 4) is 6.07 Å². The summed E-state index contributed by atoms with van der Waals surface area (Å²) >= 11 is 0. The molecule has 37 heavy (non-hydrogen) atoms. The van der Waals surface area contributed by atoms with Crippen LogP contribution in [0.1, 0.15) is 42.8 Å². The van der Waals surface area contributed by atoms with Gasteiger partial charge in [0.05, 0.1) is 22.8 Å². The lowest BCUT2D eigenvalue weighted by Crippen LogP contribution is -2.26. The Kier molecular flexibility index (Phi) is 7.38. The van der Waals surface area contributed by atoms with Crippen molar-refractivity contribution in [3.05, 3.63) is 59.5 Å². The van der Waals surface area contributed by atoms with E-state index in [1.165, 1.54) is 16.8 Å². The molecule has 194 valence electrons. The van der Waals surface area contributed by atoms with Crippen molar-refractivity contribution in [1.29, 1.82) is 5.26 Å². The molecule has 1 fully saturated rings. The third kappa shape index (κ3) is 5.69. The van der Waals surface area contributed by atoms with Crippen LogP contribution in [0.3, 0.4) is 0 Å². The van der Waals surface area contributed by atoms with Crippen molar-refractivity contribution in [3.63, 3.8) is 0 Å². The molecule has 1 aliphatic rings. The standard InChI is InChI=1S/C24H26N6.C2HF3O2/c1-16-12-23-22(29(16)15-19-6-4-3-5-7-19)13-21(24-28-27-17(2)30(23)24)26-20-10-8-18(14-25)9-11-20;3-2(4,5)1(6)7/h3-7,12-13,18,20,26H,8-11,15H2,1-2H3;(H,6,7). The highest BCUT2D eigenvalue weighted by Crippen LogP contribution is 2.31. The molecule has 0 spiro atoms. The fraction of sp³-hybridized carbons (Fsp3) is 0.385. The summed E-state index contributed by atoms with van der Waals surface area (Å²) in [7, 11) is 0. The van der Waals surface area contributed by atoms with Gasteiger partial charge in [0.25, 0.3) is 0 Å². The number of aromatic nitrogens is 4. The molecule has 0 atom stereocenters. The van der Waals surface area contributed by atoms with Crippen LogP contribution in [0.5, 0.6) is 0 Å². The fourth-order valence-electron chi connectivity index (χ4n) is 4.70. The second-order valence-corrected chi connectivity index (χ2v) is 9.22. The highest BCUT2D eigenvalue weighted by molar-refractivity contribution is 5.88. The number of alkyl halides is 3. The predicted octanol–water partition coefficient (Wildman–Crippen LogP) is 5.48. The Bertz CT molecular complexity index is 1440. The van der Waals surface area contributed by atoms with Gasteiger partial charge in [-0.05, 0) is 57.2 Å². The van der Waals surface area contributed by atoms with Crippen LogP contribution in [0.4, 0.5) is 18.9 Å². The van der Waals surface area contributed by atoms with Crippen molar-refractivity contribution in [1.82, 2.24) is 19.2 Å². The number of hydrogen-bond donors (Lipinski definition) is 2. The molecule has 0 bridgehead atoms. The number of hydrogen-bond acceptors (Lipinski definition) is 5. The fourth-order valence-corrected chi connectivity index (χ4v) is 4.70. The Hall–Kier alpha value is -4.07. The molecule has 3 heterocycles. The van der Waals surface area contributed by atoms with E-state index in [9.17, 15) is 18.4 Å². The Morgan fingerprint density at radius 3 is 2.35 bits per heavy atom. The first-order chi connectivity index (χ1) is 17.6. The second kappa shape index (κ2) is 10.5. The van der Waals surface area contributed by atoms with E-state index in [2.05, 4.69) is 79.9 Å². The quantitative estimate of drug-likeness (QED) is 0.375. The van der Waals surface area contributed by atoms with Crippen molar-refractivity contribution in [2.75, 3.05) is 5.32 Å². The molecule has 8 nitrogen and oxygen atoms in total. The van der Waals surface area contributed by atoms with E-state index in [1.807, 2.05) is 6.92 Å². The Labute approximate surface area is 211 Å². The molecule has 0 saturated heterocycles. The number of nitriles is 1.